The highest BCUT2D eigenvalue weighted by Crippen LogP contribution is 2.28. The second kappa shape index (κ2) is 5.89. The molecule has 0 aliphatic carbocycles. The summed E-state index contributed by atoms with van der Waals surface area (Å²) in [4.78, 5) is 8.47. The molecule has 1 heterocycles. The monoisotopic (exact) mass is 276 g/mol. The zero-order valence-electron chi connectivity index (χ0n) is 11.3. The predicted molar refractivity (Wildman–Crippen MR) is 80.4 cm³/mol. The first-order valence-electron chi connectivity index (χ1n) is 6.20. The highest BCUT2D eigenvalue weighted by molar-refractivity contribution is 6.33. The number of nitrogens with one attached hydrogen (secondary N) is 2. The van der Waals surface area contributed by atoms with Crippen LogP contribution in [0, 0.1) is 13.8 Å². The molecule has 0 saturated carbocycles. The number of rotatable bonds is 4. The standard InChI is InChI=1S/C14H17ClN4/c1-4-16-13-10(3)14(18-8-17-13)19-12-6-5-9(2)7-11(12)15/h5-8H,4H2,1-3H3,(H2,16,17,18,19). The number of halogens is 1. The molecule has 0 unspecified atom stereocenters. The van der Waals surface area contributed by atoms with Crippen molar-refractivity contribution in [2.45, 2.75) is 20.8 Å². The van der Waals surface area contributed by atoms with E-state index in [1.165, 1.54) is 6.33 Å². The number of benzene rings is 1. The van der Waals surface area contributed by atoms with Gasteiger partial charge in [-0.3, -0.25) is 0 Å². The molecule has 1 aromatic carbocycles. The Morgan fingerprint density at radius 2 is 1.89 bits per heavy atom. The average molecular weight is 277 g/mol. The molecule has 0 aliphatic rings. The minimum atomic E-state index is 0.683. The maximum atomic E-state index is 6.21. The first-order chi connectivity index (χ1) is 9.11. The first-order valence-corrected chi connectivity index (χ1v) is 6.58. The van der Waals surface area contributed by atoms with Gasteiger partial charge in [0.2, 0.25) is 0 Å². The minimum absolute atomic E-state index is 0.683. The van der Waals surface area contributed by atoms with Crippen molar-refractivity contribution >= 4 is 28.9 Å². The van der Waals surface area contributed by atoms with E-state index in [-0.39, 0.29) is 0 Å². The predicted octanol–water partition coefficient (Wildman–Crippen LogP) is 3.92. The topological polar surface area (TPSA) is 49.8 Å². The number of hydrogen-bond donors (Lipinski definition) is 2. The van der Waals surface area contributed by atoms with Gasteiger partial charge in [0.15, 0.2) is 0 Å². The summed E-state index contributed by atoms with van der Waals surface area (Å²) in [5.74, 6) is 1.60. The third-order valence-electron chi connectivity index (χ3n) is 2.81. The normalized spacial score (nSPS) is 10.3. The van der Waals surface area contributed by atoms with Crippen LogP contribution < -0.4 is 10.6 Å². The maximum absolute atomic E-state index is 6.21. The molecule has 0 aliphatic heterocycles. The molecule has 1 aromatic heterocycles. The molecular weight excluding hydrogens is 260 g/mol. The van der Waals surface area contributed by atoms with Crippen molar-refractivity contribution in [3.05, 3.63) is 40.7 Å². The molecule has 19 heavy (non-hydrogen) atoms. The largest absolute Gasteiger partial charge is 0.370 e. The first kappa shape index (κ1) is 13.6. The van der Waals surface area contributed by atoms with E-state index in [1.54, 1.807) is 0 Å². The second-order valence-electron chi connectivity index (χ2n) is 4.33. The summed E-state index contributed by atoms with van der Waals surface area (Å²) in [6, 6.07) is 5.88. The van der Waals surface area contributed by atoms with E-state index in [9.17, 15) is 0 Å². The lowest BCUT2D eigenvalue weighted by Gasteiger charge is -2.13. The Labute approximate surface area is 118 Å². The molecule has 0 saturated heterocycles. The second-order valence-corrected chi connectivity index (χ2v) is 4.74. The van der Waals surface area contributed by atoms with Crippen LogP contribution in [0.5, 0.6) is 0 Å². The quantitative estimate of drug-likeness (QED) is 0.889. The molecule has 4 nitrogen and oxygen atoms in total. The van der Waals surface area contributed by atoms with Gasteiger partial charge >= 0.3 is 0 Å². The van der Waals surface area contributed by atoms with Gasteiger partial charge in [-0.15, -0.1) is 0 Å². The van der Waals surface area contributed by atoms with E-state index in [0.717, 1.165) is 35.0 Å². The zero-order chi connectivity index (χ0) is 13.8. The molecule has 0 bridgehead atoms. The van der Waals surface area contributed by atoms with Crippen LogP contribution in [-0.2, 0) is 0 Å². The van der Waals surface area contributed by atoms with Gasteiger partial charge in [-0.2, -0.15) is 0 Å². The lowest BCUT2D eigenvalue weighted by atomic mass is 10.2. The molecule has 5 heteroatoms. The Bertz CT molecular complexity index is 584. The van der Waals surface area contributed by atoms with Gasteiger partial charge in [0.05, 0.1) is 10.7 Å². The van der Waals surface area contributed by atoms with Gasteiger partial charge in [0.1, 0.15) is 18.0 Å². The molecule has 0 atom stereocenters. The van der Waals surface area contributed by atoms with E-state index in [1.807, 2.05) is 39.0 Å². The van der Waals surface area contributed by atoms with Crippen molar-refractivity contribution in [2.24, 2.45) is 0 Å². The molecular formula is C14H17ClN4. The van der Waals surface area contributed by atoms with Gasteiger partial charge in [0.25, 0.3) is 0 Å². The van der Waals surface area contributed by atoms with Crippen LogP contribution in [0.25, 0.3) is 0 Å². The van der Waals surface area contributed by atoms with E-state index >= 15 is 0 Å². The molecule has 2 aromatic rings. The third kappa shape index (κ3) is 3.15. The fraction of sp³-hybridized carbons (Fsp3) is 0.286. The number of aryl methyl sites for hydroxylation is 1. The molecule has 0 amide bonds. The van der Waals surface area contributed by atoms with Crippen LogP contribution in [0.2, 0.25) is 5.02 Å². The van der Waals surface area contributed by atoms with Crippen LogP contribution in [0.4, 0.5) is 17.3 Å². The Balaban J connectivity index is 2.30. The van der Waals surface area contributed by atoms with Gasteiger partial charge < -0.3 is 10.6 Å². The minimum Gasteiger partial charge on any atom is -0.370 e. The average Bonchev–Trinajstić information content (AvgIpc) is 2.37. The van der Waals surface area contributed by atoms with Crippen LogP contribution in [0.3, 0.4) is 0 Å². The van der Waals surface area contributed by atoms with Crippen LogP contribution in [0.1, 0.15) is 18.1 Å². The summed E-state index contributed by atoms with van der Waals surface area (Å²) in [5.41, 5.74) is 2.95. The smallest absolute Gasteiger partial charge is 0.138 e. The van der Waals surface area contributed by atoms with Crippen molar-refractivity contribution in [1.29, 1.82) is 0 Å². The summed E-state index contributed by atoms with van der Waals surface area (Å²) in [6.07, 6.45) is 1.54. The summed E-state index contributed by atoms with van der Waals surface area (Å²) >= 11 is 6.21. The van der Waals surface area contributed by atoms with Crippen molar-refractivity contribution in [3.63, 3.8) is 0 Å². The number of nitrogens with zero attached hydrogens (tertiary/aromatic N) is 2. The highest BCUT2D eigenvalue weighted by Gasteiger charge is 2.08. The highest BCUT2D eigenvalue weighted by atomic mass is 35.5. The van der Waals surface area contributed by atoms with Crippen molar-refractivity contribution in [2.75, 3.05) is 17.2 Å². The van der Waals surface area contributed by atoms with E-state index in [2.05, 4.69) is 20.6 Å². The zero-order valence-corrected chi connectivity index (χ0v) is 12.0. The van der Waals surface area contributed by atoms with Crippen molar-refractivity contribution < 1.29 is 0 Å². The Kier molecular flexibility index (Phi) is 4.22. The van der Waals surface area contributed by atoms with E-state index in [0.29, 0.717) is 5.02 Å². The lowest BCUT2D eigenvalue weighted by molar-refractivity contribution is 1.08. The van der Waals surface area contributed by atoms with E-state index in [4.69, 9.17) is 11.6 Å². The van der Waals surface area contributed by atoms with Crippen molar-refractivity contribution in [3.8, 4) is 0 Å². The van der Waals surface area contributed by atoms with Crippen molar-refractivity contribution in [1.82, 2.24) is 9.97 Å². The summed E-state index contributed by atoms with van der Waals surface area (Å²) in [6.45, 7) is 6.84. The van der Waals surface area contributed by atoms with E-state index < -0.39 is 0 Å². The summed E-state index contributed by atoms with van der Waals surface area (Å²) in [5, 5.41) is 7.13. The molecule has 2 rings (SSSR count). The molecule has 0 radical (unpaired) electrons. The number of hydrogen-bond acceptors (Lipinski definition) is 4. The van der Waals surface area contributed by atoms with Crippen LogP contribution in [-0.4, -0.2) is 16.5 Å². The lowest BCUT2D eigenvalue weighted by Crippen LogP contribution is -2.05. The number of aromatic nitrogens is 2. The Morgan fingerprint density at radius 1 is 1.16 bits per heavy atom. The summed E-state index contributed by atoms with van der Waals surface area (Å²) < 4.78 is 0. The SMILES string of the molecule is CCNc1ncnc(Nc2ccc(C)cc2Cl)c1C. The molecule has 0 fully saturated rings. The molecule has 0 spiro atoms. The fourth-order valence-corrected chi connectivity index (χ4v) is 2.05. The van der Waals surface area contributed by atoms with Gasteiger partial charge in [-0.05, 0) is 38.5 Å². The summed E-state index contributed by atoms with van der Waals surface area (Å²) in [7, 11) is 0. The molecule has 2 N–H and O–H groups in total. The Hall–Kier alpha value is -1.81. The van der Waals surface area contributed by atoms with Gasteiger partial charge in [-0.25, -0.2) is 9.97 Å². The number of anilines is 3. The van der Waals surface area contributed by atoms with Crippen LogP contribution >= 0.6 is 11.6 Å². The third-order valence-corrected chi connectivity index (χ3v) is 3.12. The van der Waals surface area contributed by atoms with Gasteiger partial charge in [-0.1, -0.05) is 17.7 Å². The molecule has 100 valence electrons. The van der Waals surface area contributed by atoms with Gasteiger partial charge in [0, 0.05) is 12.1 Å². The fourth-order valence-electron chi connectivity index (χ4n) is 1.77. The van der Waals surface area contributed by atoms with Crippen LogP contribution in [0.15, 0.2) is 24.5 Å². The Morgan fingerprint density at radius 3 is 2.58 bits per heavy atom. The maximum Gasteiger partial charge on any atom is 0.138 e.